The first kappa shape index (κ1) is 14.0. The van der Waals surface area contributed by atoms with Crippen molar-refractivity contribution in [2.75, 3.05) is 13.7 Å². The average molecular weight is 278 g/mol. The smallest absolute Gasteiger partial charge is 0.306 e. The Hall–Kier alpha value is -1.11. The van der Waals surface area contributed by atoms with Crippen molar-refractivity contribution in [3.05, 3.63) is 29.3 Å². The van der Waals surface area contributed by atoms with E-state index in [0.717, 1.165) is 0 Å². The summed E-state index contributed by atoms with van der Waals surface area (Å²) in [7, 11) is -2.39. The predicted molar refractivity (Wildman–Crippen MR) is 63.3 cm³/mol. The van der Waals surface area contributed by atoms with Gasteiger partial charge >= 0.3 is 5.97 Å². The van der Waals surface area contributed by atoms with E-state index in [1.54, 1.807) is 6.07 Å². The van der Waals surface area contributed by atoms with Crippen molar-refractivity contribution in [3.8, 4) is 0 Å². The van der Waals surface area contributed by atoms with Gasteiger partial charge in [0.2, 0.25) is 10.0 Å². The summed E-state index contributed by atoms with van der Waals surface area (Å²) < 4.78 is 30.1. The lowest BCUT2D eigenvalue weighted by Crippen LogP contribution is -2.26. The zero-order valence-electron chi connectivity index (χ0n) is 9.14. The van der Waals surface area contributed by atoms with E-state index in [1.807, 2.05) is 0 Å². The Morgan fingerprint density at radius 3 is 2.76 bits per heavy atom. The van der Waals surface area contributed by atoms with Gasteiger partial charge < -0.3 is 4.74 Å². The van der Waals surface area contributed by atoms with Crippen LogP contribution in [0, 0.1) is 0 Å². The maximum absolute atomic E-state index is 11.7. The molecule has 0 aliphatic heterocycles. The summed E-state index contributed by atoms with van der Waals surface area (Å²) in [4.78, 5) is 10.9. The van der Waals surface area contributed by atoms with Gasteiger partial charge in [0.05, 0.1) is 18.4 Å². The fourth-order valence-electron chi connectivity index (χ4n) is 1.11. The summed E-state index contributed by atoms with van der Waals surface area (Å²) in [5.74, 6) is -0.473. The van der Waals surface area contributed by atoms with Crippen LogP contribution in [0.2, 0.25) is 5.02 Å². The first-order valence-electron chi connectivity index (χ1n) is 4.78. The van der Waals surface area contributed by atoms with Crippen LogP contribution in [0.4, 0.5) is 0 Å². The Bertz CT molecular complexity index is 501. The summed E-state index contributed by atoms with van der Waals surface area (Å²) in [6, 6.07) is 5.88. The number of sulfonamides is 1. The van der Waals surface area contributed by atoms with Crippen LogP contribution in [0.15, 0.2) is 29.2 Å². The van der Waals surface area contributed by atoms with Crippen molar-refractivity contribution in [2.45, 2.75) is 11.3 Å². The monoisotopic (exact) mass is 277 g/mol. The van der Waals surface area contributed by atoms with E-state index in [0.29, 0.717) is 5.02 Å². The Labute approximate surface area is 105 Å². The number of halogens is 1. The van der Waals surface area contributed by atoms with E-state index in [1.165, 1.54) is 25.3 Å². The molecule has 0 saturated heterocycles. The van der Waals surface area contributed by atoms with Crippen LogP contribution in [0.25, 0.3) is 0 Å². The predicted octanol–water partition coefficient (Wildman–Crippen LogP) is 1.18. The molecule has 7 heteroatoms. The second-order valence-electron chi connectivity index (χ2n) is 3.18. The highest BCUT2D eigenvalue weighted by Crippen LogP contribution is 2.14. The minimum atomic E-state index is -3.63. The maximum atomic E-state index is 11.7. The summed E-state index contributed by atoms with van der Waals surface area (Å²) in [5.41, 5.74) is 0. The molecule has 1 aromatic carbocycles. The molecule has 0 spiro atoms. The summed E-state index contributed by atoms with van der Waals surface area (Å²) in [6.07, 6.45) is -0.0176. The highest BCUT2D eigenvalue weighted by atomic mass is 35.5. The highest BCUT2D eigenvalue weighted by molar-refractivity contribution is 7.89. The minimum Gasteiger partial charge on any atom is -0.469 e. The van der Waals surface area contributed by atoms with E-state index in [9.17, 15) is 13.2 Å². The second kappa shape index (κ2) is 6.00. The Morgan fingerprint density at radius 2 is 2.18 bits per heavy atom. The molecule has 0 aliphatic carbocycles. The van der Waals surface area contributed by atoms with Crippen LogP contribution in [0.3, 0.4) is 0 Å². The SMILES string of the molecule is COC(=O)CCNS(=O)(=O)c1cccc(Cl)c1. The third-order valence-electron chi connectivity index (χ3n) is 1.96. The summed E-state index contributed by atoms with van der Waals surface area (Å²) in [5, 5.41) is 0.334. The molecule has 5 nitrogen and oxygen atoms in total. The van der Waals surface area contributed by atoms with E-state index in [2.05, 4.69) is 9.46 Å². The number of hydrogen-bond donors (Lipinski definition) is 1. The van der Waals surface area contributed by atoms with Gasteiger partial charge in [0, 0.05) is 11.6 Å². The number of nitrogens with one attached hydrogen (secondary N) is 1. The van der Waals surface area contributed by atoms with Crippen molar-refractivity contribution in [3.63, 3.8) is 0 Å². The molecule has 0 fully saturated rings. The topological polar surface area (TPSA) is 72.5 Å². The third kappa shape index (κ3) is 4.33. The van der Waals surface area contributed by atoms with Crippen molar-refractivity contribution >= 4 is 27.6 Å². The average Bonchev–Trinajstić information content (AvgIpc) is 2.28. The molecule has 94 valence electrons. The lowest BCUT2D eigenvalue weighted by molar-refractivity contribution is -0.140. The number of esters is 1. The Kier molecular flexibility index (Phi) is 4.92. The van der Waals surface area contributed by atoms with Gasteiger partial charge in [-0.1, -0.05) is 17.7 Å². The molecule has 0 unspecified atom stereocenters. The van der Waals surface area contributed by atoms with Gasteiger partial charge in [0.15, 0.2) is 0 Å². The Balaban J connectivity index is 2.66. The number of carbonyl (C=O) groups is 1. The molecule has 1 rings (SSSR count). The van der Waals surface area contributed by atoms with E-state index < -0.39 is 16.0 Å². The van der Waals surface area contributed by atoms with Gasteiger partial charge in [-0.3, -0.25) is 4.79 Å². The number of carbonyl (C=O) groups excluding carboxylic acids is 1. The van der Waals surface area contributed by atoms with Crippen molar-refractivity contribution in [2.24, 2.45) is 0 Å². The van der Waals surface area contributed by atoms with Crippen LogP contribution in [0.1, 0.15) is 6.42 Å². The van der Waals surface area contributed by atoms with Crippen LogP contribution in [0.5, 0.6) is 0 Å². The number of ether oxygens (including phenoxy) is 1. The van der Waals surface area contributed by atoms with Crippen LogP contribution in [-0.2, 0) is 19.6 Å². The van der Waals surface area contributed by atoms with E-state index >= 15 is 0 Å². The lowest BCUT2D eigenvalue weighted by atomic mass is 10.4. The van der Waals surface area contributed by atoms with Gasteiger partial charge in [-0.05, 0) is 18.2 Å². The zero-order chi connectivity index (χ0) is 12.9. The summed E-state index contributed by atoms with van der Waals surface area (Å²) >= 11 is 5.69. The Morgan fingerprint density at radius 1 is 1.47 bits per heavy atom. The van der Waals surface area contributed by atoms with Gasteiger partial charge in [0.25, 0.3) is 0 Å². The van der Waals surface area contributed by atoms with Gasteiger partial charge in [-0.2, -0.15) is 0 Å². The second-order valence-corrected chi connectivity index (χ2v) is 5.38. The first-order chi connectivity index (χ1) is 7.95. The van der Waals surface area contributed by atoms with Crippen molar-refractivity contribution in [1.29, 1.82) is 0 Å². The number of methoxy groups -OCH3 is 1. The lowest BCUT2D eigenvalue weighted by Gasteiger charge is -2.06. The van der Waals surface area contributed by atoms with Crippen molar-refractivity contribution < 1.29 is 17.9 Å². The summed E-state index contributed by atoms with van der Waals surface area (Å²) in [6.45, 7) is -0.0124. The molecule has 0 radical (unpaired) electrons. The first-order valence-corrected chi connectivity index (χ1v) is 6.64. The molecule has 0 amide bonds. The largest absolute Gasteiger partial charge is 0.469 e. The van der Waals surface area contributed by atoms with Crippen LogP contribution < -0.4 is 4.72 Å². The molecule has 0 aromatic heterocycles. The molecule has 0 aliphatic rings. The normalized spacial score (nSPS) is 11.2. The molecule has 1 aromatic rings. The number of benzene rings is 1. The molecular formula is C10H12ClNO4S. The maximum Gasteiger partial charge on any atom is 0.306 e. The fraction of sp³-hybridized carbons (Fsp3) is 0.300. The van der Waals surface area contributed by atoms with Crippen LogP contribution in [-0.4, -0.2) is 28.0 Å². The van der Waals surface area contributed by atoms with Gasteiger partial charge in [0.1, 0.15) is 0 Å². The quantitative estimate of drug-likeness (QED) is 0.821. The van der Waals surface area contributed by atoms with Gasteiger partial charge in [-0.15, -0.1) is 0 Å². The van der Waals surface area contributed by atoms with Crippen molar-refractivity contribution in [1.82, 2.24) is 4.72 Å². The highest BCUT2D eigenvalue weighted by Gasteiger charge is 2.14. The molecule has 17 heavy (non-hydrogen) atoms. The van der Waals surface area contributed by atoms with E-state index in [-0.39, 0.29) is 17.9 Å². The standard InChI is InChI=1S/C10H12ClNO4S/c1-16-10(13)5-6-12-17(14,15)9-4-2-3-8(11)7-9/h2-4,7,12H,5-6H2,1H3. The van der Waals surface area contributed by atoms with E-state index in [4.69, 9.17) is 11.6 Å². The number of rotatable bonds is 5. The molecule has 0 heterocycles. The molecule has 0 atom stereocenters. The number of hydrogen-bond acceptors (Lipinski definition) is 4. The third-order valence-corrected chi connectivity index (χ3v) is 3.65. The molecule has 0 bridgehead atoms. The fourth-order valence-corrected chi connectivity index (χ4v) is 2.44. The molecule has 0 saturated carbocycles. The van der Waals surface area contributed by atoms with Gasteiger partial charge in [-0.25, -0.2) is 13.1 Å². The molecular weight excluding hydrogens is 266 g/mol. The molecule has 1 N–H and O–H groups in total. The zero-order valence-corrected chi connectivity index (χ0v) is 10.7. The minimum absolute atomic E-state index is 0.0124. The van der Waals surface area contributed by atoms with Crippen LogP contribution >= 0.6 is 11.6 Å².